The summed E-state index contributed by atoms with van der Waals surface area (Å²) in [6.07, 6.45) is 0. The van der Waals surface area contributed by atoms with E-state index in [2.05, 4.69) is 10.2 Å². The predicted molar refractivity (Wildman–Crippen MR) is 33.9 cm³/mol. The minimum Gasteiger partial charge on any atom is -0.198 e. The van der Waals surface area contributed by atoms with Gasteiger partial charge in [-0.15, -0.1) is 0 Å². The van der Waals surface area contributed by atoms with Gasteiger partial charge in [0.05, 0.1) is 4.75 Å². The molecule has 2 N–H and O–H groups in total. The lowest BCUT2D eigenvalue weighted by Crippen LogP contribution is -2.31. The van der Waals surface area contributed by atoms with Gasteiger partial charge < -0.3 is 0 Å². The zero-order chi connectivity index (χ0) is 7.71. The predicted octanol–water partition coefficient (Wildman–Crippen LogP) is 0.00500. The molecule has 0 heterocycles. The fraction of sp³-hybridized carbons (Fsp3) is 1.00. The number of hydrogen-bond donors (Lipinski definition) is 1. The van der Waals surface area contributed by atoms with Gasteiger partial charge in [-0.05, 0) is 20.8 Å². The van der Waals surface area contributed by atoms with Crippen LogP contribution in [0.3, 0.4) is 0 Å². The monoisotopic (exact) mass is 153 g/mol. The Morgan fingerprint density at radius 2 is 1.67 bits per heavy atom. The fourth-order valence-corrected chi connectivity index (χ4v) is 0.433. The van der Waals surface area contributed by atoms with Gasteiger partial charge in [-0.25, -0.2) is 0 Å². The molecule has 0 aliphatic heterocycles. The highest BCUT2D eigenvalue weighted by Crippen LogP contribution is 2.14. The second-order valence-electron chi connectivity index (χ2n) is 2.66. The van der Waals surface area contributed by atoms with Crippen molar-refractivity contribution in [1.29, 1.82) is 0 Å². The number of nitrogens with two attached hydrogens (primary N) is 1. The third-order valence-corrected chi connectivity index (χ3v) is 2.63. The first-order valence-corrected chi connectivity index (χ1v) is 3.85. The van der Waals surface area contributed by atoms with E-state index in [-0.39, 0.29) is 0 Å². The highest BCUT2D eigenvalue weighted by molar-refractivity contribution is 7.88. The van der Waals surface area contributed by atoms with Gasteiger partial charge in [-0.3, -0.25) is 0 Å². The molecule has 0 radical (unpaired) electrons. The molecule has 0 atom stereocenters. The molecule has 9 heavy (non-hydrogen) atoms. The first-order valence-electron chi connectivity index (χ1n) is 2.44. The van der Waals surface area contributed by atoms with Gasteiger partial charge in [0.25, 0.3) is 10.1 Å². The molecule has 4 nitrogen and oxygen atoms in total. The van der Waals surface area contributed by atoms with Gasteiger partial charge in [0.15, 0.2) is 0 Å². The molecule has 0 saturated carbocycles. The highest BCUT2D eigenvalue weighted by Gasteiger charge is 2.29. The molecule has 0 amide bonds. The van der Waals surface area contributed by atoms with Gasteiger partial charge in [-0.1, -0.05) is 0 Å². The van der Waals surface area contributed by atoms with E-state index < -0.39 is 14.9 Å². The van der Waals surface area contributed by atoms with E-state index in [9.17, 15) is 8.42 Å². The standard InChI is InChI=1S/C4H11NO3S/c1-4(2,3)9(6,7)8-5/h5H2,1-3H3. The maximum atomic E-state index is 10.7. The Bertz CT molecular complexity index is 176. The van der Waals surface area contributed by atoms with Crippen LogP contribution in [0.25, 0.3) is 0 Å². The van der Waals surface area contributed by atoms with Crippen LogP contribution in [0.4, 0.5) is 0 Å². The number of hydrogen-bond acceptors (Lipinski definition) is 4. The minimum absolute atomic E-state index is 0.929. The Morgan fingerprint density at radius 3 is 1.67 bits per heavy atom. The van der Waals surface area contributed by atoms with Gasteiger partial charge in [-0.2, -0.15) is 18.6 Å². The van der Waals surface area contributed by atoms with E-state index in [4.69, 9.17) is 0 Å². The second kappa shape index (κ2) is 2.24. The Balaban J connectivity index is 4.57. The van der Waals surface area contributed by atoms with Crippen LogP contribution in [0.1, 0.15) is 20.8 Å². The average Bonchev–Trinajstić information content (AvgIpc) is 1.64. The summed E-state index contributed by atoms with van der Waals surface area (Å²) in [4.78, 5) is 0. The van der Waals surface area contributed by atoms with Gasteiger partial charge >= 0.3 is 0 Å². The van der Waals surface area contributed by atoms with Gasteiger partial charge in [0.2, 0.25) is 0 Å². The van der Waals surface area contributed by atoms with Crippen molar-refractivity contribution in [2.75, 3.05) is 0 Å². The molecule has 0 unspecified atom stereocenters. The van der Waals surface area contributed by atoms with Crippen LogP contribution in [-0.2, 0) is 14.4 Å². The Kier molecular flexibility index (Phi) is 2.21. The van der Waals surface area contributed by atoms with Crippen LogP contribution in [-0.4, -0.2) is 13.2 Å². The molecule has 0 aromatic carbocycles. The van der Waals surface area contributed by atoms with Gasteiger partial charge in [0.1, 0.15) is 0 Å². The van der Waals surface area contributed by atoms with Crippen LogP contribution in [0.15, 0.2) is 0 Å². The molecule has 5 heteroatoms. The SMILES string of the molecule is CC(C)(C)S(=O)(=O)ON. The molecular formula is C4H11NO3S. The third kappa shape index (κ3) is 1.92. The third-order valence-electron chi connectivity index (χ3n) is 0.877. The van der Waals surface area contributed by atoms with E-state index in [1.165, 1.54) is 20.8 Å². The molecule has 0 bridgehead atoms. The number of rotatable bonds is 1. The van der Waals surface area contributed by atoms with E-state index in [1.54, 1.807) is 0 Å². The largest absolute Gasteiger partial charge is 0.287 e. The normalized spacial score (nSPS) is 13.8. The minimum atomic E-state index is -3.56. The first-order chi connectivity index (χ1) is 3.81. The van der Waals surface area contributed by atoms with Crippen molar-refractivity contribution in [2.24, 2.45) is 5.90 Å². The summed E-state index contributed by atoms with van der Waals surface area (Å²) in [7, 11) is -3.56. The summed E-state index contributed by atoms with van der Waals surface area (Å²) in [5.41, 5.74) is 0. The van der Waals surface area contributed by atoms with E-state index >= 15 is 0 Å². The summed E-state index contributed by atoms with van der Waals surface area (Å²) in [5, 5.41) is 0. The summed E-state index contributed by atoms with van der Waals surface area (Å²) >= 11 is 0. The summed E-state index contributed by atoms with van der Waals surface area (Å²) in [6, 6.07) is 0. The van der Waals surface area contributed by atoms with Crippen LogP contribution in [0.2, 0.25) is 0 Å². The van der Waals surface area contributed by atoms with Crippen molar-refractivity contribution in [1.82, 2.24) is 0 Å². The Morgan fingerprint density at radius 1 is 1.33 bits per heavy atom. The molecule has 56 valence electrons. The first kappa shape index (κ1) is 8.87. The Hall–Kier alpha value is -0.130. The maximum absolute atomic E-state index is 10.7. The van der Waals surface area contributed by atoms with Crippen LogP contribution < -0.4 is 5.90 Å². The molecule has 0 aromatic rings. The second-order valence-corrected chi connectivity index (χ2v) is 4.99. The zero-order valence-electron chi connectivity index (χ0n) is 5.71. The lowest BCUT2D eigenvalue weighted by Gasteiger charge is -2.15. The average molecular weight is 153 g/mol. The zero-order valence-corrected chi connectivity index (χ0v) is 6.53. The quantitative estimate of drug-likeness (QED) is 0.538. The molecule has 0 saturated heterocycles. The van der Waals surface area contributed by atoms with Crippen molar-refractivity contribution in [3.8, 4) is 0 Å². The van der Waals surface area contributed by atoms with Crippen LogP contribution in [0, 0.1) is 0 Å². The van der Waals surface area contributed by atoms with Crippen molar-refractivity contribution < 1.29 is 12.7 Å². The lowest BCUT2D eigenvalue weighted by molar-refractivity contribution is 0.317. The van der Waals surface area contributed by atoms with Crippen molar-refractivity contribution in [3.05, 3.63) is 0 Å². The highest BCUT2D eigenvalue weighted by atomic mass is 32.2. The Labute approximate surface area is 55.1 Å². The molecule has 0 aliphatic rings. The van der Waals surface area contributed by atoms with Crippen molar-refractivity contribution >= 4 is 10.1 Å². The molecule has 0 spiro atoms. The molecular weight excluding hydrogens is 142 g/mol. The lowest BCUT2D eigenvalue weighted by atomic mass is 10.3. The smallest absolute Gasteiger partial charge is 0.198 e. The molecule has 0 fully saturated rings. The van der Waals surface area contributed by atoms with Crippen molar-refractivity contribution in [3.63, 3.8) is 0 Å². The van der Waals surface area contributed by atoms with Crippen LogP contribution >= 0.6 is 0 Å². The summed E-state index contributed by atoms with van der Waals surface area (Å²) in [5.74, 6) is 4.50. The molecule has 0 aromatic heterocycles. The summed E-state index contributed by atoms with van der Waals surface area (Å²) in [6.45, 7) is 4.53. The topological polar surface area (TPSA) is 69.4 Å². The fourth-order valence-electron chi connectivity index (χ4n) is 0.144. The van der Waals surface area contributed by atoms with Gasteiger partial charge in [0, 0.05) is 0 Å². The van der Waals surface area contributed by atoms with E-state index in [0.717, 1.165) is 0 Å². The molecule has 0 aliphatic carbocycles. The van der Waals surface area contributed by atoms with Crippen molar-refractivity contribution in [2.45, 2.75) is 25.5 Å². The summed E-state index contributed by atoms with van der Waals surface area (Å²) < 4.78 is 24.2. The maximum Gasteiger partial charge on any atom is 0.287 e. The van der Waals surface area contributed by atoms with Crippen LogP contribution in [0.5, 0.6) is 0 Å². The molecule has 0 rings (SSSR count). The van der Waals surface area contributed by atoms with E-state index in [0.29, 0.717) is 0 Å². The van der Waals surface area contributed by atoms with E-state index in [1.807, 2.05) is 0 Å².